The summed E-state index contributed by atoms with van der Waals surface area (Å²) < 4.78 is 11.2. The van der Waals surface area contributed by atoms with Gasteiger partial charge in [0.05, 0.1) is 6.61 Å². The van der Waals surface area contributed by atoms with Crippen LogP contribution in [0.3, 0.4) is 0 Å². The first-order valence-corrected chi connectivity index (χ1v) is 6.71. The number of rotatable bonds is 8. The van der Waals surface area contributed by atoms with Gasteiger partial charge in [-0.25, -0.2) is 0 Å². The summed E-state index contributed by atoms with van der Waals surface area (Å²) in [5, 5.41) is 0. The van der Waals surface area contributed by atoms with Crippen LogP contribution in [0, 0.1) is 6.92 Å². The summed E-state index contributed by atoms with van der Waals surface area (Å²) in [5.74, 6) is 0.870. The molecule has 2 N–H and O–H groups in total. The lowest BCUT2D eigenvalue weighted by Gasteiger charge is -2.15. The van der Waals surface area contributed by atoms with E-state index in [0.717, 1.165) is 30.8 Å². The number of unbranched alkanes of at least 4 members (excludes halogenated alkanes) is 1. The quantitative estimate of drug-likeness (QED) is 0.722. The molecule has 0 fully saturated rings. The molecule has 3 heteroatoms. The highest BCUT2D eigenvalue weighted by Crippen LogP contribution is 2.24. The van der Waals surface area contributed by atoms with E-state index >= 15 is 0 Å². The molecule has 1 aromatic rings. The largest absolute Gasteiger partial charge is 0.491 e. The minimum absolute atomic E-state index is 0.0130. The van der Waals surface area contributed by atoms with Gasteiger partial charge >= 0.3 is 0 Å². The Labute approximate surface area is 110 Å². The summed E-state index contributed by atoms with van der Waals surface area (Å²) in [6.45, 7) is 8.21. The van der Waals surface area contributed by atoms with Crippen LogP contribution in [0.5, 0.6) is 5.75 Å². The highest BCUT2D eigenvalue weighted by atomic mass is 16.5. The number of hydrogen-bond donors (Lipinski definition) is 1. The first-order valence-electron chi connectivity index (χ1n) is 6.71. The van der Waals surface area contributed by atoms with Crippen LogP contribution in [0.4, 0.5) is 0 Å². The third-order valence-electron chi connectivity index (χ3n) is 2.78. The number of ether oxygens (including phenoxy) is 2. The Kier molecular flexibility index (Phi) is 6.76. The lowest BCUT2D eigenvalue weighted by molar-refractivity contribution is 0.0976. The Bertz CT molecular complexity index is 350. The van der Waals surface area contributed by atoms with Crippen molar-refractivity contribution in [2.45, 2.75) is 39.7 Å². The van der Waals surface area contributed by atoms with Crippen LogP contribution in [0.25, 0.3) is 0 Å². The van der Waals surface area contributed by atoms with Crippen molar-refractivity contribution < 1.29 is 9.47 Å². The van der Waals surface area contributed by atoms with E-state index in [1.54, 1.807) is 0 Å². The fourth-order valence-corrected chi connectivity index (χ4v) is 1.71. The summed E-state index contributed by atoms with van der Waals surface area (Å²) in [7, 11) is 0. The highest BCUT2D eigenvalue weighted by Gasteiger charge is 2.08. The standard InChI is InChI=1S/C15H25NO2/c1-4-5-8-17-9-10-18-15-7-6-12(2)11-14(15)13(3)16/h6-7,11,13H,4-5,8-10,16H2,1-3H3/t13-/m1/s1. The Morgan fingerprint density at radius 2 is 2.00 bits per heavy atom. The van der Waals surface area contributed by atoms with Crippen LogP contribution in [-0.2, 0) is 4.74 Å². The Morgan fingerprint density at radius 3 is 2.67 bits per heavy atom. The maximum atomic E-state index is 5.94. The molecule has 0 aromatic heterocycles. The summed E-state index contributed by atoms with van der Waals surface area (Å²) in [6.07, 6.45) is 2.27. The van der Waals surface area contributed by atoms with Crippen molar-refractivity contribution in [3.8, 4) is 5.75 Å². The molecule has 18 heavy (non-hydrogen) atoms. The van der Waals surface area contributed by atoms with Crippen molar-refractivity contribution in [1.82, 2.24) is 0 Å². The molecule has 0 spiro atoms. The lowest BCUT2D eigenvalue weighted by atomic mass is 10.1. The fourth-order valence-electron chi connectivity index (χ4n) is 1.71. The molecule has 3 nitrogen and oxygen atoms in total. The van der Waals surface area contributed by atoms with Gasteiger partial charge in [-0.3, -0.25) is 0 Å². The van der Waals surface area contributed by atoms with Gasteiger partial charge in [0.25, 0.3) is 0 Å². The fraction of sp³-hybridized carbons (Fsp3) is 0.600. The predicted octanol–water partition coefficient (Wildman–Crippen LogP) is 3.21. The lowest BCUT2D eigenvalue weighted by Crippen LogP contribution is -2.12. The van der Waals surface area contributed by atoms with Crippen molar-refractivity contribution in [1.29, 1.82) is 0 Å². The van der Waals surface area contributed by atoms with E-state index in [1.807, 2.05) is 19.1 Å². The first-order chi connectivity index (χ1) is 8.65. The second-order valence-electron chi connectivity index (χ2n) is 4.64. The molecule has 0 saturated heterocycles. The monoisotopic (exact) mass is 251 g/mol. The highest BCUT2D eigenvalue weighted by molar-refractivity contribution is 5.38. The molecule has 0 bridgehead atoms. The van der Waals surface area contributed by atoms with Gasteiger partial charge in [0.1, 0.15) is 12.4 Å². The molecule has 0 heterocycles. The van der Waals surface area contributed by atoms with Crippen LogP contribution in [0.2, 0.25) is 0 Å². The molecule has 0 aliphatic carbocycles. The van der Waals surface area contributed by atoms with Crippen molar-refractivity contribution in [2.24, 2.45) is 5.73 Å². The van der Waals surface area contributed by atoms with Gasteiger partial charge in [0.15, 0.2) is 0 Å². The van der Waals surface area contributed by atoms with E-state index < -0.39 is 0 Å². The molecule has 0 unspecified atom stereocenters. The summed E-state index contributed by atoms with van der Waals surface area (Å²) in [5.41, 5.74) is 8.20. The molecule has 102 valence electrons. The SMILES string of the molecule is CCCCOCCOc1ccc(C)cc1[C@@H](C)N. The predicted molar refractivity (Wildman–Crippen MR) is 75.0 cm³/mol. The minimum Gasteiger partial charge on any atom is -0.491 e. The third-order valence-corrected chi connectivity index (χ3v) is 2.78. The van der Waals surface area contributed by atoms with Gasteiger partial charge in [-0.05, 0) is 26.3 Å². The van der Waals surface area contributed by atoms with Crippen LogP contribution in [0.1, 0.15) is 43.9 Å². The van der Waals surface area contributed by atoms with E-state index in [1.165, 1.54) is 5.56 Å². The van der Waals surface area contributed by atoms with E-state index in [0.29, 0.717) is 13.2 Å². The van der Waals surface area contributed by atoms with E-state index in [-0.39, 0.29) is 6.04 Å². The molecule has 0 amide bonds. The van der Waals surface area contributed by atoms with Gasteiger partial charge in [-0.1, -0.05) is 31.0 Å². The van der Waals surface area contributed by atoms with Crippen molar-refractivity contribution in [3.63, 3.8) is 0 Å². The molecular weight excluding hydrogens is 226 g/mol. The average molecular weight is 251 g/mol. The molecule has 0 saturated carbocycles. The van der Waals surface area contributed by atoms with Crippen molar-refractivity contribution in [2.75, 3.05) is 19.8 Å². The zero-order valence-electron chi connectivity index (χ0n) is 11.7. The maximum Gasteiger partial charge on any atom is 0.124 e. The summed E-state index contributed by atoms with van der Waals surface area (Å²) in [4.78, 5) is 0. The molecule has 0 radical (unpaired) electrons. The van der Waals surface area contributed by atoms with E-state index in [9.17, 15) is 0 Å². The number of benzene rings is 1. The third kappa shape index (κ3) is 5.07. The zero-order valence-corrected chi connectivity index (χ0v) is 11.7. The zero-order chi connectivity index (χ0) is 13.4. The maximum absolute atomic E-state index is 5.94. The van der Waals surface area contributed by atoms with Crippen molar-refractivity contribution in [3.05, 3.63) is 29.3 Å². The smallest absolute Gasteiger partial charge is 0.124 e. The van der Waals surface area contributed by atoms with Gasteiger partial charge in [0, 0.05) is 18.2 Å². The van der Waals surface area contributed by atoms with Crippen LogP contribution < -0.4 is 10.5 Å². The van der Waals surface area contributed by atoms with Crippen LogP contribution >= 0.6 is 0 Å². The molecule has 1 atom stereocenters. The number of aryl methyl sites for hydroxylation is 1. The van der Waals surface area contributed by atoms with Gasteiger partial charge < -0.3 is 15.2 Å². The van der Waals surface area contributed by atoms with Crippen LogP contribution in [-0.4, -0.2) is 19.8 Å². The Morgan fingerprint density at radius 1 is 1.22 bits per heavy atom. The second-order valence-corrected chi connectivity index (χ2v) is 4.64. The Hall–Kier alpha value is -1.06. The minimum atomic E-state index is -0.0130. The molecule has 0 aliphatic rings. The normalized spacial score (nSPS) is 12.4. The molecule has 1 aromatic carbocycles. The summed E-state index contributed by atoms with van der Waals surface area (Å²) in [6, 6.07) is 6.10. The molecule has 1 rings (SSSR count). The Balaban J connectivity index is 2.42. The number of nitrogens with two attached hydrogens (primary N) is 1. The second kappa shape index (κ2) is 8.11. The number of hydrogen-bond acceptors (Lipinski definition) is 3. The van der Waals surface area contributed by atoms with Crippen LogP contribution in [0.15, 0.2) is 18.2 Å². The molecule has 0 aliphatic heterocycles. The first kappa shape index (κ1) is 15.0. The van der Waals surface area contributed by atoms with E-state index in [2.05, 4.69) is 19.9 Å². The summed E-state index contributed by atoms with van der Waals surface area (Å²) >= 11 is 0. The topological polar surface area (TPSA) is 44.5 Å². The van der Waals surface area contributed by atoms with Gasteiger partial charge in [0.2, 0.25) is 0 Å². The molecular formula is C15H25NO2. The van der Waals surface area contributed by atoms with Gasteiger partial charge in [-0.15, -0.1) is 0 Å². The van der Waals surface area contributed by atoms with E-state index in [4.69, 9.17) is 15.2 Å². The average Bonchev–Trinajstić information content (AvgIpc) is 2.35. The van der Waals surface area contributed by atoms with Crippen molar-refractivity contribution >= 4 is 0 Å². The van der Waals surface area contributed by atoms with Gasteiger partial charge in [-0.2, -0.15) is 0 Å².